The Morgan fingerprint density at radius 2 is 2.23 bits per heavy atom. The molecule has 0 aromatic carbocycles. The van der Waals surface area contributed by atoms with Crippen molar-refractivity contribution in [3.05, 3.63) is 34.2 Å². The highest BCUT2D eigenvalue weighted by Crippen LogP contribution is 1.96. The van der Waals surface area contributed by atoms with E-state index in [1.165, 1.54) is 18.5 Å². The third kappa shape index (κ3) is 2.43. The molecule has 70 valence electrons. The Labute approximate surface area is 75.5 Å². The predicted octanol–water partition coefficient (Wildman–Crippen LogP) is 0.940. The summed E-state index contributed by atoms with van der Waals surface area (Å²) in [7, 11) is 0. The average molecular weight is 181 g/mol. The fourth-order valence-electron chi connectivity index (χ4n) is 0.853. The number of pyridine rings is 1. The number of nitrogens with one attached hydrogen (secondary N) is 1. The number of aromatic amines is 1. The first-order valence-electron chi connectivity index (χ1n) is 3.99. The van der Waals surface area contributed by atoms with E-state index in [9.17, 15) is 9.59 Å². The Balaban J connectivity index is 2.90. The van der Waals surface area contributed by atoms with E-state index in [2.05, 4.69) is 4.98 Å². The van der Waals surface area contributed by atoms with Gasteiger partial charge in [0.2, 0.25) is 0 Å². The smallest absolute Gasteiger partial charge is 0.343 e. The number of carbonyl (C=O) groups is 1. The number of aromatic nitrogens is 1. The lowest BCUT2D eigenvalue weighted by atomic mass is 10.3. The van der Waals surface area contributed by atoms with Crippen LogP contribution >= 0.6 is 0 Å². The average Bonchev–Trinajstić information content (AvgIpc) is 2.03. The van der Waals surface area contributed by atoms with Gasteiger partial charge in [-0.3, -0.25) is 4.79 Å². The molecule has 1 aromatic rings. The van der Waals surface area contributed by atoms with Gasteiger partial charge in [0, 0.05) is 18.5 Å². The minimum absolute atomic E-state index is 0.0381. The highest BCUT2D eigenvalue weighted by Gasteiger charge is 2.11. The van der Waals surface area contributed by atoms with Crippen LogP contribution in [-0.4, -0.2) is 17.1 Å². The molecule has 1 rings (SSSR count). The fourth-order valence-corrected chi connectivity index (χ4v) is 0.853. The molecule has 4 heteroatoms. The van der Waals surface area contributed by atoms with Gasteiger partial charge in [-0.2, -0.15) is 0 Å². The lowest BCUT2D eigenvalue weighted by Crippen LogP contribution is -2.19. The number of hydrogen-bond donors (Lipinski definition) is 1. The van der Waals surface area contributed by atoms with E-state index in [1.54, 1.807) is 13.8 Å². The van der Waals surface area contributed by atoms with Crippen LogP contribution in [0.25, 0.3) is 0 Å². The van der Waals surface area contributed by atoms with E-state index < -0.39 is 5.97 Å². The van der Waals surface area contributed by atoms with Gasteiger partial charge < -0.3 is 9.72 Å². The van der Waals surface area contributed by atoms with Gasteiger partial charge in [-0.15, -0.1) is 0 Å². The van der Waals surface area contributed by atoms with Crippen molar-refractivity contribution in [3.63, 3.8) is 0 Å². The second-order valence-corrected chi connectivity index (χ2v) is 2.88. The van der Waals surface area contributed by atoms with Crippen molar-refractivity contribution in [1.82, 2.24) is 4.98 Å². The second kappa shape index (κ2) is 3.89. The van der Waals surface area contributed by atoms with Gasteiger partial charge in [-0.25, -0.2) is 4.79 Å². The van der Waals surface area contributed by atoms with E-state index in [0.717, 1.165) is 0 Å². The van der Waals surface area contributed by atoms with Gasteiger partial charge in [0.05, 0.1) is 6.10 Å². The van der Waals surface area contributed by atoms with Crippen LogP contribution in [0, 0.1) is 0 Å². The summed E-state index contributed by atoms with van der Waals surface area (Å²) in [5, 5.41) is 0. The van der Waals surface area contributed by atoms with Crippen LogP contribution in [0.2, 0.25) is 0 Å². The molecule has 0 aliphatic heterocycles. The highest BCUT2D eigenvalue weighted by molar-refractivity contribution is 5.88. The standard InChI is InChI=1S/C9H11NO3/c1-6(2)13-9(12)7-5-10-4-3-8(7)11/h3-6H,1-2H3,(H,10,11). The van der Waals surface area contributed by atoms with Crippen LogP contribution < -0.4 is 5.43 Å². The van der Waals surface area contributed by atoms with E-state index in [1.807, 2.05) is 0 Å². The van der Waals surface area contributed by atoms with E-state index in [4.69, 9.17) is 4.74 Å². The number of ether oxygens (including phenoxy) is 1. The van der Waals surface area contributed by atoms with Gasteiger partial charge >= 0.3 is 5.97 Å². The van der Waals surface area contributed by atoms with Crippen molar-refractivity contribution in [1.29, 1.82) is 0 Å². The van der Waals surface area contributed by atoms with E-state index >= 15 is 0 Å². The zero-order valence-electron chi connectivity index (χ0n) is 7.53. The van der Waals surface area contributed by atoms with Crippen LogP contribution in [0.4, 0.5) is 0 Å². The Bertz CT molecular complexity index is 354. The first kappa shape index (κ1) is 9.51. The molecule has 0 atom stereocenters. The molecule has 0 radical (unpaired) electrons. The number of carbonyl (C=O) groups excluding carboxylic acids is 1. The molecular formula is C9H11NO3. The zero-order valence-corrected chi connectivity index (χ0v) is 7.53. The van der Waals surface area contributed by atoms with Crippen molar-refractivity contribution >= 4 is 5.97 Å². The summed E-state index contributed by atoms with van der Waals surface area (Å²) in [6.07, 6.45) is 2.59. The Morgan fingerprint density at radius 3 is 2.77 bits per heavy atom. The summed E-state index contributed by atoms with van der Waals surface area (Å²) in [5.41, 5.74) is -0.291. The van der Waals surface area contributed by atoms with E-state index in [-0.39, 0.29) is 17.1 Å². The topological polar surface area (TPSA) is 59.2 Å². The molecule has 0 amide bonds. The molecule has 0 aliphatic carbocycles. The van der Waals surface area contributed by atoms with Crippen LogP contribution in [0.5, 0.6) is 0 Å². The molecule has 1 aromatic heterocycles. The molecule has 0 fully saturated rings. The Morgan fingerprint density at radius 1 is 1.54 bits per heavy atom. The SMILES string of the molecule is CC(C)OC(=O)c1c[nH]ccc1=O. The molecule has 0 unspecified atom stereocenters. The van der Waals surface area contributed by atoms with Gasteiger partial charge in [-0.05, 0) is 13.8 Å². The van der Waals surface area contributed by atoms with Crippen molar-refractivity contribution in [2.24, 2.45) is 0 Å². The summed E-state index contributed by atoms with van der Waals surface area (Å²) >= 11 is 0. The molecule has 0 saturated heterocycles. The molecule has 4 nitrogen and oxygen atoms in total. The summed E-state index contributed by atoms with van der Waals surface area (Å²) in [6, 6.07) is 1.29. The lowest BCUT2D eigenvalue weighted by Gasteiger charge is -2.06. The number of hydrogen-bond acceptors (Lipinski definition) is 3. The molecule has 1 heterocycles. The van der Waals surface area contributed by atoms with Gasteiger partial charge in [-0.1, -0.05) is 0 Å². The number of H-pyrrole nitrogens is 1. The first-order valence-corrected chi connectivity index (χ1v) is 3.99. The summed E-state index contributed by atoms with van der Waals surface area (Å²) in [6.45, 7) is 3.46. The quantitative estimate of drug-likeness (QED) is 0.691. The Kier molecular flexibility index (Phi) is 2.84. The van der Waals surface area contributed by atoms with E-state index in [0.29, 0.717) is 0 Å². The normalized spacial score (nSPS) is 10.1. The minimum Gasteiger partial charge on any atom is -0.459 e. The van der Waals surface area contributed by atoms with Crippen LogP contribution in [-0.2, 0) is 4.74 Å². The van der Waals surface area contributed by atoms with Crippen LogP contribution in [0.15, 0.2) is 23.3 Å². The van der Waals surface area contributed by atoms with Gasteiger partial charge in [0.25, 0.3) is 0 Å². The maximum atomic E-state index is 11.2. The first-order chi connectivity index (χ1) is 6.11. The summed E-state index contributed by atoms with van der Waals surface area (Å²) in [4.78, 5) is 25.0. The van der Waals surface area contributed by atoms with Crippen molar-refractivity contribution < 1.29 is 9.53 Å². The summed E-state index contributed by atoms with van der Waals surface area (Å²) in [5.74, 6) is -0.586. The van der Waals surface area contributed by atoms with Crippen molar-refractivity contribution in [2.75, 3.05) is 0 Å². The van der Waals surface area contributed by atoms with Crippen LogP contribution in [0.3, 0.4) is 0 Å². The zero-order chi connectivity index (χ0) is 9.84. The van der Waals surface area contributed by atoms with Gasteiger partial charge in [0.1, 0.15) is 5.56 Å². The molecule has 0 aliphatic rings. The maximum absolute atomic E-state index is 11.2. The third-order valence-corrected chi connectivity index (χ3v) is 1.39. The fraction of sp³-hybridized carbons (Fsp3) is 0.333. The lowest BCUT2D eigenvalue weighted by molar-refractivity contribution is 0.0376. The second-order valence-electron chi connectivity index (χ2n) is 2.88. The summed E-state index contributed by atoms with van der Waals surface area (Å²) < 4.78 is 4.86. The monoisotopic (exact) mass is 181 g/mol. The Hall–Kier alpha value is -1.58. The highest BCUT2D eigenvalue weighted by atomic mass is 16.5. The maximum Gasteiger partial charge on any atom is 0.343 e. The number of esters is 1. The molecule has 0 spiro atoms. The third-order valence-electron chi connectivity index (χ3n) is 1.39. The minimum atomic E-state index is -0.586. The largest absolute Gasteiger partial charge is 0.459 e. The molecule has 13 heavy (non-hydrogen) atoms. The van der Waals surface area contributed by atoms with Crippen LogP contribution in [0.1, 0.15) is 24.2 Å². The van der Waals surface area contributed by atoms with Gasteiger partial charge in [0.15, 0.2) is 5.43 Å². The molecule has 0 bridgehead atoms. The molecule has 0 saturated carbocycles. The predicted molar refractivity (Wildman–Crippen MR) is 47.6 cm³/mol. The van der Waals surface area contributed by atoms with Crippen molar-refractivity contribution in [3.8, 4) is 0 Å². The van der Waals surface area contributed by atoms with Crippen molar-refractivity contribution in [2.45, 2.75) is 20.0 Å². The molecular weight excluding hydrogens is 170 g/mol. The number of rotatable bonds is 2. The molecule has 1 N–H and O–H groups in total.